The van der Waals surface area contributed by atoms with Gasteiger partial charge in [0.15, 0.2) is 5.78 Å². The van der Waals surface area contributed by atoms with Gasteiger partial charge in [0.2, 0.25) is 0 Å². The van der Waals surface area contributed by atoms with Gasteiger partial charge in [0.25, 0.3) is 0 Å². The van der Waals surface area contributed by atoms with Gasteiger partial charge < -0.3 is 0 Å². The van der Waals surface area contributed by atoms with Gasteiger partial charge in [-0.15, -0.1) is 0 Å². The predicted octanol–water partition coefficient (Wildman–Crippen LogP) is 8.25. The van der Waals surface area contributed by atoms with Crippen molar-refractivity contribution in [3.05, 3.63) is 107 Å². The summed E-state index contributed by atoms with van der Waals surface area (Å²) in [5.74, 6) is 0.251. The van der Waals surface area contributed by atoms with E-state index < -0.39 is 0 Å². The van der Waals surface area contributed by atoms with E-state index in [1.54, 1.807) is 0 Å². The van der Waals surface area contributed by atoms with Gasteiger partial charge in [-0.1, -0.05) is 127 Å². The van der Waals surface area contributed by atoms with E-state index in [2.05, 4.69) is 61.5 Å². The third kappa shape index (κ3) is 5.69. The van der Waals surface area contributed by atoms with E-state index in [1.807, 2.05) is 65.8 Å². The van der Waals surface area contributed by atoms with Crippen molar-refractivity contribution in [2.75, 3.05) is 0 Å². The van der Waals surface area contributed by atoms with E-state index in [-0.39, 0.29) is 11.2 Å². The van der Waals surface area contributed by atoms with Crippen LogP contribution >= 0.6 is 0 Å². The molecule has 3 aromatic rings. The monoisotopic (exact) mass is 402 g/mol. The first-order chi connectivity index (χ1) is 14.7. The lowest BCUT2D eigenvalue weighted by atomic mass is 9.77. The molecule has 0 heterocycles. The fourth-order valence-electron chi connectivity index (χ4n) is 3.80. The topological polar surface area (TPSA) is 17.1 Å². The van der Waals surface area contributed by atoms with Crippen molar-refractivity contribution in [3.8, 4) is 0 Å². The average Bonchev–Trinajstić information content (AvgIpc) is 3.10. The first kappa shape index (κ1) is 25.4. The van der Waals surface area contributed by atoms with Crippen molar-refractivity contribution in [1.29, 1.82) is 0 Å². The highest BCUT2D eigenvalue weighted by molar-refractivity contribution is 6.02. The minimum absolute atomic E-state index is 0.209. The molecule has 0 radical (unpaired) electrons. The summed E-state index contributed by atoms with van der Waals surface area (Å²) in [4.78, 5) is 12.4. The van der Waals surface area contributed by atoms with Crippen LogP contribution in [-0.2, 0) is 11.8 Å². The third-order valence-electron chi connectivity index (χ3n) is 5.18. The second-order valence-corrected chi connectivity index (χ2v) is 6.84. The Morgan fingerprint density at radius 2 is 1.17 bits per heavy atom. The van der Waals surface area contributed by atoms with Gasteiger partial charge in [0.1, 0.15) is 0 Å². The zero-order valence-electron chi connectivity index (χ0n) is 19.8. The average molecular weight is 403 g/mol. The maximum atomic E-state index is 12.4. The first-order valence-electron chi connectivity index (χ1n) is 11.4. The Bertz CT molecular complexity index is 878. The SMILES string of the molecule is CC.CC.CC.CC1(c2ccc(Cc3ccccc3)cc2)CC(=O)c2ccccc21. The third-order valence-corrected chi connectivity index (χ3v) is 5.18. The van der Waals surface area contributed by atoms with Gasteiger partial charge in [0.05, 0.1) is 0 Å². The number of hydrogen-bond acceptors (Lipinski definition) is 1. The summed E-state index contributed by atoms with van der Waals surface area (Å²) in [5, 5.41) is 0. The largest absolute Gasteiger partial charge is 0.294 e. The number of Topliss-reactive ketones (excluding diaryl/α,β-unsaturated/α-hetero) is 1. The quantitative estimate of drug-likeness (QED) is 0.431. The fraction of sp³-hybridized carbons (Fsp3) is 0.345. The maximum absolute atomic E-state index is 12.4. The Balaban J connectivity index is 0.000000691. The molecule has 3 aromatic carbocycles. The number of ketones is 1. The molecule has 1 aliphatic rings. The fourth-order valence-corrected chi connectivity index (χ4v) is 3.80. The molecule has 1 unspecified atom stereocenters. The van der Waals surface area contributed by atoms with Crippen LogP contribution in [0.15, 0.2) is 78.9 Å². The summed E-state index contributed by atoms with van der Waals surface area (Å²) >= 11 is 0. The van der Waals surface area contributed by atoms with E-state index >= 15 is 0 Å². The summed E-state index contributed by atoms with van der Waals surface area (Å²) in [6.07, 6.45) is 1.50. The number of fused-ring (bicyclic) bond motifs is 1. The van der Waals surface area contributed by atoms with E-state index in [0.29, 0.717) is 6.42 Å². The van der Waals surface area contributed by atoms with Crippen LogP contribution in [0.5, 0.6) is 0 Å². The lowest BCUT2D eigenvalue weighted by molar-refractivity contribution is 0.0982. The van der Waals surface area contributed by atoms with Crippen LogP contribution in [0.3, 0.4) is 0 Å². The van der Waals surface area contributed by atoms with Crippen LogP contribution in [-0.4, -0.2) is 5.78 Å². The maximum Gasteiger partial charge on any atom is 0.164 e. The van der Waals surface area contributed by atoms with Crippen molar-refractivity contribution in [3.63, 3.8) is 0 Å². The molecule has 1 heteroatoms. The number of hydrogen-bond donors (Lipinski definition) is 0. The highest BCUT2D eigenvalue weighted by Crippen LogP contribution is 2.43. The number of carbonyl (C=O) groups excluding carboxylic acids is 1. The molecule has 0 saturated carbocycles. The number of carbonyl (C=O) groups is 1. The van der Waals surface area contributed by atoms with E-state index in [9.17, 15) is 4.79 Å². The Hall–Kier alpha value is -2.67. The van der Waals surface area contributed by atoms with E-state index in [1.165, 1.54) is 16.7 Å². The molecule has 0 spiro atoms. The normalized spacial score (nSPS) is 16.0. The molecule has 0 aromatic heterocycles. The van der Waals surface area contributed by atoms with E-state index in [0.717, 1.165) is 17.5 Å². The van der Waals surface area contributed by atoms with E-state index in [4.69, 9.17) is 0 Å². The molecule has 160 valence electrons. The molecular formula is C29H38O. The van der Waals surface area contributed by atoms with Crippen molar-refractivity contribution in [2.24, 2.45) is 0 Å². The van der Waals surface area contributed by atoms with Gasteiger partial charge in [0, 0.05) is 17.4 Å². The number of benzene rings is 3. The molecule has 0 aliphatic heterocycles. The summed E-state index contributed by atoms with van der Waals surface area (Å²) in [6, 6.07) is 27.3. The van der Waals surface area contributed by atoms with Crippen LogP contribution in [0, 0.1) is 0 Å². The van der Waals surface area contributed by atoms with Gasteiger partial charge in [-0.2, -0.15) is 0 Å². The Kier molecular flexibility index (Phi) is 10.8. The van der Waals surface area contributed by atoms with Gasteiger partial charge in [-0.3, -0.25) is 4.79 Å². The highest BCUT2D eigenvalue weighted by atomic mass is 16.1. The molecule has 1 atom stereocenters. The first-order valence-corrected chi connectivity index (χ1v) is 11.4. The molecule has 0 amide bonds. The summed E-state index contributed by atoms with van der Waals surface area (Å²) in [5.41, 5.74) is 5.67. The lowest BCUT2D eigenvalue weighted by Gasteiger charge is -2.25. The lowest BCUT2D eigenvalue weighted by Crippen LogP contribution is -2.20. The summed E-state index contributed by atoms with van der Waals surface area (Å²) in [7, 11) is 0. The smallest absolute Gasteiger partial charge is 0.164 e. The van der Waals surface area contributed by atoms with Crippen molar-refractivity contribution in [2.45, 2.75) is 66.7 Å². The molecule has 0 N–H and O–H groups in total. The van der Waals surface area contributed by atoms with Crippen molar-refractivity contribution < 1.29 is 4.79 Å². The molecule has 0 bridgehead atoms. The molecule has 30 heavy (non-hydrogen) atoms. The molecule has 1 aliphatic carbocycles. The summed E-state index contributed by atoms with van der Waals surface area (Å²) < 4.78 is 0. The Morgan fingerprint density at radius 3 is 1.77 bits per heavy atom. The Labute approximate surface area is 184 Å². The van der Waals surface area contributed by atoms with Crippen LogP contribution in [0.4, 0.5) is 0 Å². The highest BCUT2D eigenvalue weighted by Gasteiger charge is 2.40. The predicted molar refractivity (Wildman–Crippen MR) is 132 cm³/mol. The summed E-state index contributed by atoms with van der Waals surface area (Å²) in [6.45, 7) is 14.2. The minimum atomic E-state index is -0.209. The van der Waals surface area contributed by atoms with Crippen LogP contribution < -0.4 is 0 Å². The second-order valence-electron chi connectivity index (χ2n) is 6.84. The minimum Gasteiger partial charge on any atom is -0.294 e. The Morgan fingerprint density at radius 1 is 0.667 bits per heavy atom. The van der Waals surface area contributed by atoms with Crippen LogP contribution in [0.1, 0.15) is 87.5 Å². The van der Waals surface area contributed by atoms with Gasteiger partial charge in [-0.25, -0.2) is 0 Å². The molecule has 4 rings (SSSR count). The number of rotatable bonds is 3. The van der Waals surface area contributed by atoms with Gasteiger partial charge >= 0.3 is 0 Å². The molecule has 0 saturated heterocycles. The zero-order valence-corrected chi connectivity index (χ0v) is 19.8. The van der Waals surface area contributed by atoms with Crippen LogP contribution in [0.25, 0.3) is 0 Å². The van der Waals surface area contributed by atoms with Crippen molar-refractivity contribution >= 4 is 5.78 Å². The standard InChI is InChI=1S/C23H20O.3C2H6/c1-23(16-22(24)20-9-5-6-10-21(20)23)19-13-11-18(12-14-19)15-17-7-3-2-4-8-17;3*1-2/h2-14H,15-16H2,1H3;3*1-2H3. The van der Waals surface area contributed by atoms with Gasteiger partial charge in [-0.05, 0) is 28.7 Å². The molecular weight excluding hydrogens is 364 g/mol. The molecule has 0 fully saturated rings. The van der Waals surface area contributed by atoms with Crippen LogP contribution in [0.2, 0.25) is 0 Å². The zero-order chi connectivity index (χ0) is 22.6. The molecule has 1 nitrogen and oxygen atoms in total. The van der Waals surface area contributed by atoms with Crippen molar-refractivity contribution in [1.82, 2.24) is 0 Å². The second kappa shape index (κ2) is 12.8.